The topological polar surface area (TPSA) is 46.9 Å². The van der Waals surface area contributed by atoms with Gasteiger partial charge in [-0.05, 0) is 60.7 Å². The summed E-state index contributed by atoms with van der Waals surface area (Å²) in [5, 5.41) is 7.27. The van der Waals surface area contributed by atoms with Crippen LogP contribution in [0.15, 0.2) is 54.7 Å². The van der Waals surface area contributed by atoms with Crippen molar-refractivity contribution in [2.45, 2.75) is 26.3 Å². The Labute approximate surface area is 141 Å². The quantitative estimate of drug-likeness (QED) is 0.613. The molecule has 0 atom stereocenters. The molecule has 1 heterocycles. The summed E-state index contributed by atoms with van der Waals surface area (Å²) in [5.41, 5.74) is 6.39. The largest absolute Gasteiger partial charge is 0.321 e. The molecule has 0 saturated carbocycles. The minimum absolute atomic E-state index is 0.176. The number of anilines is 1. The molecule has 0 aliphatic heterocycles. The minimum Gasteiger partial charge on any atom is -0.321 e. The van der Waals surface area contributed by atoms with E-state index in [1.54, 1.807) is 10.7 Å². The number of nitrogens with one attached hydrogen (secondary N) is 1. The molecular weight excluding hydrogens is 298 g/mol. The molecule has 24 heavy (non-hydrogen) atoms. The van der Waals surface area contributed by atoms with Crippen molar-refractivity contribution in [3.05, 3.63) is 71.5 Å². The zero-order valence-corrected chi connectivity index (χ0v) is 13.8. The van der Waals surface area contributed by atoms with Crippen LogP contribution in [-0.2, 0) is 6.42 Å². The SMILES string of the molecule is CC(C)n1ccc(C(=O)Nc2ccc3c(c2)Cc2ccccc2-3)n1. The van der Waals surface area contributed by atoms with Gasteiger partial charge in [-0.3, -0.25) is 9.48 Å². The summed E-state index contributed by atoms with van der Waals surface area (Å²) in [6.45, 7) is 4.07. The fourth-order valence-corrected chi connectivity index (χ4v) is 3.16. The Kier molecular flexibility index (Phi) is 3.45. The number of benzene rings is 2. The Morgan fingerprint density at radius 2 is 1.88 bits per heavy atom. The van der Waals surface area contributed by atoms with Crippen LogP contribution in [0.2, 0.25) is 0 Å². The lowest BCUT2D eigenvalue weighted by atomic mass is 10.1. The number of aromatic nitrogens is 2. The molecule has 0 spiro atoms. The molecule has 1 amide bonds. The number of hydrogen-bond acceptors (Lipinski definition) is 2. The smallest absolute Gasteiger partial charge is 0.276 e. The molecule has 1 aliphatic rings. The molecule has 0 radical (unpaired) electrons. The first-order valence-corrected chi connectivity index (χ1v) is 8.19. The second-order valence-electron chi connectivity index (χ2n) is 6.43. The van der Waals surface area contributed by atoms with Gasteiger partial charge in [-0.25, -0.2) is 0 Å². The first-order valence-electron chi connectivity index (χ1n) is 8.19. The number of amides is 1. The lowest BCUT2D eigenvalue weighted by Gasteiger charge is -2.07. The van der Waals surface area contributed by atoms with Crippen molar-refractivity contribution in [2.24, 2.45) is 0 Å². The predicted molar refractivity (Wildman–Crippen MR) is 95.2 cm³/mol. The number of carbonyl (C=O) groups excluding carboxylic acids is 1. The van der Waals surface area contributed by atoms with Crippen LogP contribution < -0.4 is 5.32 Å². The Morgan fingerprint density at radius 3 is 2.67 bits per heavy atom. The van der Waals surface area contributed by atoms with E-state index in [1.807, 2.05) is 26.1 Å². The molecule has 1 N–H and O–H groups in total. The van der Waals surface area contributed by atoms with Gasteiger partial charge in [-0.1, -0.05) is 30.3 Å². The molecule has 2 aromatic carbocycles. The Balaban J connectivity index is 1.56. The van der Waals surface area contributed by atoms with Gasteiger partial charge < -0.3 is 5.32 Å². The molecule has 3 aromatic rings. The number of fused-ring (bicyclic) bond motifs is 3. The maximum atomic E-state index is 12.4. The van der Waals surface area contributed by atoms with Gasteiger partial charge in [0, 0.05) is 17.9 Å². The maximum Gasteiger partial charge on any atom is 0.276 e. The third-order valence-corrected chi connectivity index (χ3v) is 4.42. The molecule has 1 aliphatic carbocycles. The number of hydrogen-bond donors (Lipinski definition) is 1. The predicted octanol–water partition coefficient (Wildman–Crippen LogP) is 4.29. The van der Waals surface area contributed by atoms with Gasteiger partial charge in [-0.2, -0.15) is 5.10 Å². The van der Waals surface area contributed by atoms with E-state index in [0.29, 0.717) is 5.69 Å². The van der Waals surface area contributed by atoms with Crippen molar-refractivity contribution in [3.8, 4) is 11.1 Å². The summed E-state index contributed by atoms with van der Waals surface area (Å²) >= 11 is 0. The third-order valence-electron chi connectivity index (χ3n) is 4.42. The number of rotatable bonds is 3. The van der Waals surface area contributed by atoms with E-state index in [9.17, 15) is 4.79 Å². The van der Waals surface area contributed by atoms with E-state index >= 15 is 0 Å². The molecule has 120 valence electrons. The summed E-state index contributed by atoms with van der Waals surface area (Å²) in [5.74, 6) is -0.176. The van der Waals surface area contributed by atoms with E-state index in [4.69, 9.17) is 0 Å². The Morgan fingerprint density at radius 1 is 1.08 bits per heavy atom. The van der Waals surface area contributed by atoms with Crippen LogP contribution in [0.25, 0.3) is 11.1 Å². The van der Waals surface area contributed by atoms with Crippen LogP contribution in [0.1, 0.15) is 41.5 Å². The van der Waals surface area contributed by atoms with Gasteiger partial charge in [0.2, 0.25) is 0 Å². The highest BCUT2D eigenvalue weighted by Gasteiger charge is 2.18. The van der Waals surface area contributed by atoms with Gasteiger partial charge in [0.15, 0.2) is 5.69 Å². The van der Waals surface area contributed by atoms with Crippen molar-refractivity contribution in [1.82, 2.24) is 9.78 Å². The van der Waals surface area contributed by atoms with Crippen LogP contribution in [0.5, 0.6) is 0 Å². The fraction of sp³-hybridized carbons (Fsp3) is 0.200. The lowest BCUT2D eigenvalue weighted by molar-refractivity contribution is 0.102. The standard InChI is InChI=1S/C20H19N3O/c1-13(2)23-10-9-19(22-23)20(24)21-16-7-8-18-15(12-16)11-14-5-3-4-6-17(14)18/h3-10,12-13H,11H2,1-2H3,(H,21,24). The van der Waals surface area contributed by atoms with Crippen molar-refractivity contribution < 1.29 is 4.79 Å². The Bertz CT molecular complexity index is 924. The summed E-state index contributed by atoms with van der Waals surface area (Å²) in [7, 11) is 0. The molecule has 0 unspecified atom stereocenters. The van der Waals surface area contributed by atoms with Crippen LogP contribution in [0.3, 0.4) is 0 Å². The molecule has 0 bridgehead atoms. The maximum absolute atomic E-state index is 12.4. The van der Waals surface area contributed by atoms with E-state index in [0.717, 1.165) is 12.1 Å². The van der Waals surface area contributed by atoms with Crippen molar-refractivity contribution >= 4 is 11.6 Å². The van der Waals surface area contributed by atoms with Crippen molar-refractivity contribution in [2.75, 3.05) is 5.32 Å². The highest BCUT2D eigenvalue weighted by molar-refractivity contribution is 6.03. The summed E-state index contributed by atoms with van der Waals surface area (Å²) in [6.07, 6.45) is 2.75. The molecule has 1 aromatic heterocycles. The van der Waals surface area contributed by atoms with Crippen molar-refractivity contribution in [3.63, 3.8) is 0 Å². The third kappa shape index (κ3) is 2.50. The van der Waals surface area contributed by atoms with Crippen LogP contribution >= 0.6 is 0 Å². The van der Waals surface area contributed by atoms with Gasteiger partial charge in [0.1, 0.15) is 0 Å². The first-order chi connectivity index (χ1) is 11.6. The van der Waals surface area contributed by atoms with Gasteiger partial charge in [0.25, 0.3) is 5.91 Å². The second-order valence-corrected chi connectivity index (χ2v) is 6.43. The molecule has 4 nitrogen and oxygen atoms in total. The minimum atomic E-state index is -0.176. The lowest BCUT2D eigenvalue weighted by Crippen LogP contribution is -2.14. The normalized spacial score (nSPS) is 12.1. The van der Waals surface area contributed by atoms with Gasteiger partial charge >= 0.3 is 0 Å². The molecule has 4 rings (SSSR count). The molecule has 0 fully saturated rings. The van der Waals surface area contributed by atoms with E-state index in [1.165, 1.54) is 22.3 Å². The zero-order chi connectivity index (χ0) is 16.7. The van der Waals surface area contributed by atoms with Gasteiger partial charge in [0.05, 0.1) is 0 Å². The van der Waals surface area contributed by atoms with E-state index < -0.39 is 0 Å². The van der Waals surface area contributed by atoms with Crippen molar-refractivity contribution in [1.29, 1.82) is 0 Å². The second kappa shape index (κ2) is 5.64. The monoisotopic (exact) mass is 317 g/mol. The summed E-state index contributed by atoms with van der Waals surface area (Å²) in [4.78, 5) is 12.4. The van der Waals surface area contributed by atoms with Crippen LogP contribution in [0.4, 0.5) is 5.69 Å². The number of nitrogens with zero attached hydrogens (tertiary/aromatic N) is 2. The molecule has 4 heteroatoms. The van der Waals surface area contributed by atoms with E-state index in [-0.39, 0.29) is 11.9 Å². The molecular formula is C20H19N3O. The summed E-state index contributed by atoms with van der Waals surface area (Å²) in [6, 6.07) is 16.5. The van der Waals surface area contributed by atoms with Crippen LogP contribution in [0, 0.1) is 0 Å². The van der Waals surface area contributed by atoms with Crippen LogP contribution in [-0.4, -0.2) is 15.7 Å². The zero-order valence-electron chi connectivity index (χ0n) is 13.8. The Hall–Kier alpha value is -2.88. The highest BCUT2D eigenvalue weighted by atomic mass is 16.1. The summed E-state index contributed by atoms with van der Waals surface area (Å²) < 4.78 is 1.79. The van der Waals surface area contributed by atoms with Gasteiger partial charge in [-0.15, -0.1) is 0 Å². The fourth-order valence-electron chi connectivity index (χ4n) is 3.16. The molecule has 0 saturated heterocycles. The van der Waals surface area contributed by atoms with E-state index in [2.05, 4.69) is 46.8 Å². The average Bonchev–Trinajstić information content (AvgIpc) is 3.19. The highest BCUT2D eigenvalue weighted by Crippen LogP contribution is 2.37. The number of carbonyl (C=O) groups is 1. The average molecular weight is 317 g/mol. The first kappa shape index (κ1) is 14.7.